The number of thiazole rings is 1. The molecule has 0 N–H and O–H groups in total. The predicted molar refractivity (Wildman–Crippen MR) is 111 cm³/mol. The molecule has 30 heavy (non-hydrogen) atoms. The van der Waals surface area contributed by atoms with Gasteiger partial charge < -0.3 is 9.64 Å². The lowest BCUT2D eigenvalue weighted by Crippen LogP contribution is -2.40. The second kappa shape index (κ2) is 7.86. The lowest BCUT2D eigenvalue weighted by Gasteiger charge is -2.30. The lowest BCUT2D eigenvalue weighted by atomic mass is 9.97. The number of rotatable bonds is 4. The van der Waals surface area contributed by atoms with Crippen LogP contribution >= 0.6 is 11.3 Å². The van der Waals surface area contributed by atoms with E-state index in [1.807, 2.05) is 11.3 Å². The number of esters is 1. The molecule has 2 aromatic heterocycles. The normalized spacial score (nSPS) is 14.8. The molecule has 0 saturated carbocycles. The van der Waals surface area contributed by atoms with Crippen LogP contribution in [0.1, 0.15) is 28.2 Å². The zero-order valence-electron chi connectivity index (χ0n) is 16.5. The summed E-state index contributed by atoms with van der Waals surface area (Å²) in [6.07, 6.45) is 2.98. The highest BCUT2D eigenvalue weighted by molar-refractivity contribution is 7.19. The monoisotopic (exact) mass is 428 g/mol. The molecular weight excluding hydrogens is 408 g/mol. The highest BCUT2D eigenvalue weighted by Gasteiger charge is 2.30. The van der Waals surface area contributed by atoms with Gasteiger partial charge >= 0.3 is 5.97 Å². The number of methoxy groups -OCH3 is 1. The van der Waals surface area contributed by atoms with Crippen LogP contribution in [0, 0.1) is 23.0 Å². The standard InChI is InChI=1S/C20H20N4O5S/c1-12-17(18(25)22-8-6-13(7-9-22)19(26)29-2)30-20-21-16(11-23(12)20)14-4-3-5-15(10-14)24(27)28/h3-5,10-11,13H,6-9H2,1-2H3. The molecule has 1 amide bonds. The Morgan fingerprint density at radius 1 is 1.30 bits per heavy atom. The summed E-state index contributed by atoms with van der Waals surface area (Å²) in [7, 11) is 1.38. The quantitative estimate of drug-likeness (QED) is 0.358. The van der Waals surface area contributed by atoms with Crippen LogP contribution in [0.3, 0.4) is 0 Å². The molecule has 0 bridgehead atoms. The lowest BCUT2D eigenvalue weighted by molar-refractivity contribution is -0.384. The predicted octanol–water partition coefficient (Wildman–Crippen LogP) is 3.30. The second-order valence-corrected chi connectivity index (χ2v) is 8.17. The highest BCUT2D eigenvalue weighted by Crippen LogP contribution is 2.30. The fourth-order valence-electron chi connectivity index (χ4n) is 3.69. The van der Waals surface area contributed by atoms with Gasteiger partial charge in [0.05, 0.1) is 23.6 Å². The second-order valence-electron chi connectivity index (χ2n) is 7.19. The fraction of sp³-hybridized carbons (Fsp3) is 0.350. The molecule has 3 aromatic rings. The number of aromatic nitrogens is 2. The Morgan fingerprint density at radius 3 is 2.67 bits per heavy atom. The summed E-state index contributed by atoms with van der Waals surface area (Å²) in [6.45, 7) is 2.88. The molecule has 1 aliphatic rings. The summed E-state index contributed by atoms with van der Waals surface area (Å²) >= 11 is 1.30. The topological polar surface area (TPSA) is 107 Å². The third-order valence-electron chi connectivity index (χ3n) is 5.42. The minimum atomic E-state index is -0.437. The van der Waals surface area contributed by atoms with Crippen LogP contribution in [0.25, 0.3) is 16.2 Å². The van der Waals surface area contributed by atoms with Crippen molar-refractivity contribution in [2.45, 2.75) is 19.8 Å². The Labute approximate surface area is 176 Å². The third kappa shape index (κ3) is 3.54. The van der Waals surface area contributed by atoms with Crippen LogP contribution in [0.2, 0.25) is 0 Å². The molecule has 1 aliphatic heterocycles. The average molecular weight is 428 g/mol. The van der Waals surface area contributed by atoms with E-state index >= 15 is 0 Å². The molecule has 4 rings (SSSR count). The van der Waals surface area contributed by atoms with E-state index < -0.39 is 4.92 Å². The molecule has 3 heterocycles. The summed E-state index contributed by atoms with van der Waals surface area (Å²) in [6, 6.07) is 6.32. The fourth-order valence-corrected chi connectivity index (χ4v) is 4.77. The minimum absolute atomic E-state index is 0.00630. The van der Waals surface area contributed by atoms with Crippen molar-refractivity contribution in [3.8, 4) is 11.3 Å². The maximum Gasteiger partial charge on any atom is 0.308 e. The van der Waals surface area contributed by atoms with E-state index in [0.29, 0.717) is 47.0 Å². The zero-order valence-corrected chi connectivity index (χ0v) is 17.3. The molecule has 9 nitrogen and oxygen atoms in total. The van der Waals surface area contributed by atoms with Crippen LogP contribution < -0.4 is 0 Å². The first-order chi connectivity index (χ1) is 14.4. The summed E-state index contributed by atoms with van der Waals surface area (Å²) < 4.78 is 6.64. The van der Waals surface area contributed by atoms with Gasteiger partial charge in [-0.15, -0.1) is 0 Å². The molecule has 0 spiro atoms. The number of imidazole rings is 1. The average Bonchev–Trinajstić information content (AvgIpc) is 3.32. The molecule has 0 atom stereocenters. The number of piperidine rings is 1. The number of hydrogen-bond acceptors (Lipinski definition) is 7. The van der Waals surface area contributed by atoms with Gasteiger partial charge in [0.25, 0.3) is 11.6 Å². The van der Waals surface area contributed by atoms with Gasteiger partial charge in [-0.3, -0.25) is 24.1 Å². The maximum atomic E-state index is 13.0. The van der Waals surface area contributed by atoms with Crippen molar-refractivity contribution in [1.82, 2.24) is 14.3 Å². The first kappa shape index (κ1) is 20.0. The van der Waals surface area contributed by atoms with E-state index in [2.05, 4.69) is 4.98 Å². The van der Waals surface area contributed by atoms with E-state index in [4.69, 9.17) is 4.74 Å². The summed E-state index contributed by atoms with van der Waals surface area (Å²) in [5.74, 6) is -0.442. The number of non-ortho nitro benzene ring substituents is 1. The SMILES string of the molecule is COC(=O)C1CCN(C(=O)c2sc3nc(-c4cccc([N+](=O)[O-])c4)cn3c2C)CC1. The number of carbonyl (C=O) groups is 2. The first-order valence-electron chi connectivity index (χ1n) is 9.49. The first-order valence-corrected chi connectivity index (χ1v) is 10.3. The number of carbonyl (C=O) groups excluding carboxylic acids is 2. The molecule has 1 fully saturated rings. The number of aryl methyl sites for hydroxylation is 1. The van der Waals surface area contributed by atoms with Crippen molar-refractivity contribution in [3.63, 3.8) is 0 Å². The van der Waals surface area contributed by atoms with Crippen molar-refractivity contribution >= 4 is 33.9 Å². The molecule has 1 saturated heterocycles. The van der Waals surface area contributed by atoms with Crippen molar-refractivity contribution < 1.29 is 19.2 Å². The molecule has 0 unspecified atom stereocenters. The number of ether oxygens (including phenoxy) is 1. The molecule has 0 radical (unpaired) electrons. The number of nitro benzene ring substituents is 1. The van der Waals surface area contributed by atoms with E-state index in [0.717, 1.165) is 5.69 Å². The number of likely N-dealkylation sites (tertiary alicyclic amines) is 1. The molecule has 156 valence electrons. The van der Waals surface area contributed by atoms with Crippen LogP contribution in [0.4, 0.5) is 5.69 Å². The summed E-state index contributed by atoms with van der Waals surface area (Å²) in [4.78, 5) is 42.9. The largest absolute Gasteiger partial charge is 0.469 e. The van der Waals surface area contributed by atoms with E-state index in [1.165, 1.54) is 30.6 Å². The number of fused-ring (bicyclic) bond motifs is 1. The van der Waals surface area contributed by atoms with Gasteiger partial charge in [0.15, 0.2) is 4.96 Å². The maximum absolute atomic E-state index is 13.0. The van der Waals surface area contributed by atoms with Crippen LogP contribution in [0.5, 0.6) is 0 Å². The zero-order chi connectivity index (χ0) is 21.4. The molecule has 10 heteroatoms. The van der Waals surface area contributed by atoms with Crippen molar-refractivity contribution in [2.24, 2.45) is 5.92 Å². The van der Waals surface area contributed by atoms with Crippen molar-refractivity contribution in [3.05, 3.63) is 51.1 Å². The summed E-state index contributed by atoms with van der Waals surface area (Å²) in [5.41, 5.74) is 2.05. The van der Waals surface area contributed by atoms with Gasteiger partial charge in [-0.2, -0.15) is 0 Å². The third-order valence-corrected chi connectivity index (χ3v) is 6.57. The highest BCUT2D eigenvalue weighted by atomic mass is 32.1. The van der Waals surface area contributed by atoms with Gasteiger partial charge in [-0.25, -0.2) is 4.98 Å². The Bertz CT molecular complexity index is 1140. The van der Waals surface area contributed by atoms with E-state index in [1.54, 1.807) is 23.2 Å². The number of benzene rings is 1. The van der Waals surface area contributed by atoms with E-state index in [9.17, 15) is 19.7 Å². The Kier molecular flexibility index (Phi) is 5.25. The van der Waals surface area contributed by atoms with E-state index in [-0.39, 0.29) is 23.5 Å². The molecule has 1 aromatic carbocycles. The van der Waals surface area contributed by atoms with Crippen molar-refractivity contribution in [2.75, 3.05) is 20.2 Å². The number of hydrogen-bond donors (Lipinski definition) is 0. The molecular formula is C20H20N4O5S. The number of nitrogens with zero attached hydrogens (tertiary/aromatic N) is 4. The van der Waals surface area contributed by atoms with Crippen LogP contribution in [-0.2, 0) is 9.53 Å². The van der Waals surface area contributed by atoms with Gasteiger partial charge in [0, 0.05) is 42.7 Å². The molecule has 0 aliphatic carbocycles. The number of nitro groups is 1. The Hall–Kier alpha value is -3.27. The van der Waals surface area contributed by atoms with Gasteiger partial charge in [0.2, 0.25) is 0 Å². The smallest absolute Gasteiger partial charge is 0.308 e. The summed E-state index contributed by atoms with van der Waals surface area (Å²) in [5, 5.41) is 11.0. The number of amides is 1. The van der Waals surface area contributed by atoms with Gasteiger partial charge in [0.1, 0.15) is 4.88 Å². The van der Waals surface area contributed by atoms with Gasteiger partial charge in [-0.1, -0.05) is 23.5 Å². The van der Waals surface area contributed by atoms with Crippen molar-refractivity contribution in [1.29, 1.82) is 0 Å². The van der Waals surface area contributed by atoms with Crippen LogP contribution in [0.15, 0.2) is 30.5 Å². The Balaban J connectivity index is 1.56. The van der Waals surface area contributed by atoms with Crippen LogP contribution in [-0.4, -0.2) is 51.3 Å². The minimum Gasteiger partial charge on any atom is -0.469 e. The van der Waals surface area contributed by atoms with Gasteiger partial charge in [-0.05, 0) is 19.8 Å². The Morgan fingerprint density at radius 2 is 2.03 bits per heavy atom.